The molecule has 0 saturated heterocycles. The van der Waals surface area contributed by atoms with Crippen LogP contribution in [0.5, 0.6) is 0 Å². The number of allylic oxidation sites excluding steroid dienone is 5. The zero-order valence-electron chi connectivity index (χ0n) is 43.2. The summed E-state index contributed by atoms with van der Waals surface area (Å²) >= 11 is 0. The average Bonchev–Trinajstić information content (AvgIpc) is 4.45. The van der Waals surface area contributed by atoms with Gasteiger partial charge in [0.1, 0.15) is 55.1 Å². The number of hydrogen-bond donors (Lipinski definition) is 0. The van der Waals surface area contributed by atoms with Crippen molar-refractivity contribution in [3.63, 3.8) is 0 Å². The van der Waals surface area contributed by atoms with Crippen molar-refractivity contribution in [2.75, 3.05) is 0 Å². The molecule has 6 aliphatic heterocycles. The SMILES string of the molecule is C[n+]1ccn(CCCc2cccc(CCCn3cc[n+](C)c3)c2C2=C3C=CC4=[N+]3C3C5n6c(ccc6C(c6c(CCCn7cc[n+](C)c7)cccc6CCCn6cc[n+](C)c6)=c6ccc(n65)=C4)C=C4C=CC2=[N+]43)c1. The fourth-order valence-corrected chi connectivity index (χ4v) is 13.3. The van der Waals surface area contributed by atoms with Gasteiger partial charge in [-0.3, -0.25) is 0 Å². The summed E-state index contributed by atoms with van der Waals surface area (Å²) in [6, 6.07) is 24.0. The molecule has 2 atom stereocenters. The van der Waals surface area contributed by atoms with Gasteiger partial charge in [-0.05, 0) is 103 Å². The van der Waals surface area contributed by atoms with E-state index in [1.165, 1.54) is 89.4 Å². The summed E-state index contributed by atoms with van der Waals surface area (Å²) in [7, 11) is 8.42. The van der Waals surface area contributed by atoms with Crippen molar-refractivity contribution in [3.05, 3.63) is 227 Å². The number of aromatic nitrogens is 10. The van der Waals surface area contributed by atoms with Crippen LogP contribution in [0, 0.1) is 0 Å². The minimum absolute atomic E-state index is 0.0346. The van der Waals surface area contributed by atoms with E-state index in [0.29, 0.717) is 0 Å². The number of imidazole rings is 4. The minimum Gasteiger partial charge on any atom is -0.307 e. The van der Waals surface area contributed by atoms with Crippen molar-refractivity contribution < 1.29 is 27.4 Å². The van der Waals surface area contributed by atoms with Gasteiger partial charge in [-0.25, -0.2) is 36.5 Å². The van der Waals surface area contributed by atoms with Gasteiger partial charge in [-0.1, -0.05) is 36.4 Å². The lowest BCUT2D eigenvalue weighted by Crippen LogP contribution is -2.53. The Morgan fingerprint density at radius 1 is 0.473 bits per heavy atom. The Bertz CT molecular complexity index is 3800. The van der Waals surface area contributed by atoms with Crippen LogP contribution in [0.1, 0.15) is 76.6 Å². The first-order valence-electron chi connectivity index (χ1n) is 26.9. The quantitative estimate of drug-likeness (QED) is 0.110. The predicted octanol–water partition coefficient (Wildman–Crippen LogP) is 4.88. The third kappa shape index (κ3) is 7.47. The van der Waals surface area contributed by atoms with Gasteiger partial charge < -0.3 is 9.13 Å². The molecule has 12 heteroatoms. The van der Waals surface area contributed by atoms with Crippen LogP contribution in [0.2, 0.25) is 0 Å². The van der Waals surface area contributed by atoms with Crippen LogP contribution in [0.25, 0.3) is 23.3 Å². The van der Waals surface area contributed by atoms with E-state index in [0.717, 1.165) is 77.5 Å². The fraction of sp³-hybridized carbons (Fsp3) is 0.290. The van der Waals surface area contributed by atoms with Gasteiger partial charge in [0.25, 0.3) is 0 Å². The summed E-state index contributed by atoms with van der Waals surface area (Å²) in [5.74, 6) is 0. The maximum atomic E-state index is 2.72. The molecule has 12 heterocycles. The second kappa shape index (κ2) is 17.8. The summed E-state index contributed by atoms with van der Waals surface area (Å²) in [5, 5.41) is 2.56. The third-order valence-electron chi connectivity index (χ3n) is 16.5. The molecule has 12 nitrogen and oxygen atoms in total. The number of benzene rings is 2. The summed E-state index contributed by atoms with van der Waals surface area (Å²) in [6.07, 6.45) is 48.9. The predicted molar refractivity (Wildman–Crippen MR) is 285 cm³/mol. The smallest absolute Gasteiger partial charge is 0.307 e. The second-order valence-electron chi connectivity index (χ2n) is 21.5. The van der Waals surface area contributed by atoms with Crippen LogP contribution < -0.4 is 29.0 Å². The van der Waals surface area contributed by atoms with Gasteiger partial charge in [0.2, 0.25) is 54.3 Å². The topological polar surface area (TPSA) is 51.1 Å². The van der Waals surface area contributed by atoms with Gasteiger partial charge in [-0.2, -0.15) is 0 Å². The van der Waals surface area contributed by atoms with Gasteiger partial charge in [0.05, 0.1) is 76.5 Å². The van der Waals surface area contributed by atoms with Crippen LogP contribution in [-0.4, -0.2) is 54.1 Å². The lowest BCUT2D eigenvalue weighted by molar-refractivity contribution is -0.740. The molecule has 6 aliphatic rings. The van der Waals surface area contributed by atoms with Crippen LogP contribution in [0.15, 0.2) is 171 Å². The maximum Gasteiger partial charge on any atom is 0.394 e. The average molecular weight is 979 g/mol. The third-order valence-corrected chi connectivity index (χ3v) is 16.5. The zero-order valence-corrected chi connectivity index (χ0v) is 43.2. The summed E-state index contributed by atoms with van der Waals surface area (Å²) < 4.78 is 28.7. The summed E-state index contributed by atoms with van der Waals surface area (Å²) in [4.78, 5) is 0. The first-order valence-corrected chi connectivity index (χ1v) is 26.9. The molecule has 2 aromatic carbocycles. The number of aryl methyl sites for hydroxylation is 12. The first kappa shape index (κ1) is 44.6. The molecule has 0 spiro atoms. The van der Waals surface area contributed by atoms with E-state index < -0.39 is 0 Å². The molecule has 0 radical (unpaired) electrons. The van der Waals surface area contributed by atoms with Crippen LogP contribution in [-0.2, 0) is 80.1 Å². The van der Waals surface area contributed by atoms with Crippen molar-refractivity contribution in [2.24, 2.45) is 28.2 Å². The van der Waals surface area contributed by atoms with E-state index in [1.807, 2.05) is 0 Å². The fourth-order valence-electron chi connectivity index (χ4n) is 13.3. The molecule has 368 valence electrons. The number of rotatable bonds is 18. The van der Waals surface area contributed by atoms with E-state index in [1.54, 1.807) is 0 Å². The van der Waals surface area contributed by atoms with Gasteiger partial charge in [-0.15, -0.1) is 9.15 Å². The molecule has 0 saturated carbocycles. The Morgan fingerprint density at radius 2 is 0.986 bits per heavy atom. The van der Waals surface area contributed by atoms with Crippen molar-refractivity contribution in [3.8, 4) is 0 Å². The second-order valence-corrected chi connectivity index (χ2v) is 21.5. The summed E-state index contributed by atoms with van der Waals surface area (Å²) in [5.41, 5.74) is 18.9. The molecule has 0 aliphatic carbocycles. The highest BCUT2D eigenvalue weighted by Crippen LogP contribution is 2.45. The Labute approximate surface area is 432 Å². The summed E-state index contributed by atoms with van der Waals surface area (Å²) in [6.45, 7) is 3.91. The molecule has 2 unspecified atom stereocenters. The molecule has 0 fully saturated rings. The molecule has 6 aromatic heterocycles. The van der Waals surface area contributed by atoms with Crippen molar-refractivity contribution >= 4 is 34.7 Å². The van der Waals surface area contributed by atoms with Crippen molar-refractivity contribution in [2.45, 2.75) is 89.9 Å². The maximum absolute atomic E-state index is 2.72. The molecule has 74 heavy (non-hydrogen) atoms. The Morgan fingerprint density at radius 3 is 1.49 bits per heavy atom. The first-order chi connectivity index (χ1) is 36.3. The zero-order chi connectivity index (χ0) is 49.6. The lowest BCUT2D eigenvalue weighted by atomic mass is 9.85. The van der Waals surface area contributed by atoms with Crippen LogP contribution >= 0.6 is 0 Å². The van der Waals surface area contributed by atoms with Gasteiger partial charge in [0.15, 0.2) is 0 Å². The molecular weight excluding hydrogens is 913 g/mol. The molecule has 0 N–H and O–H groups in total. The highest BCUT2D eigenvalue weighted by atomic mass is 15.4. The monoisotopic (exact) mass is 979 g/mol. The van der Waals surface area contributed by atoms with E-state index >= 15 is 0 Å². The lowest BCUT2D eigenvalue weighted by Gasteiger charge is -2.33. The standard InChI is InChI=1S/C62H66N12/c1-63-31-35-67(41-63)27-7-15-45-11-5-12-46(16-8-28-68-36-32-64(2)42-68)57(45)59-53-23-19-49-39-51-21-25-55-60(56-26-22-52-40-50-20-24-54(59)72(50)61(71(49)53)62(73(51)55)74(52)56)58-47(17-9-29-69-37-33-65(3)43-69)13-6-14-48(58)18-10-30-70-38-34-66(4)44-70/h5-6,11-14,19-26,31-44,61-62H,7-10,15-18,27-30H2,1-4H3/q+6. The normalized spacial score (nSPS) is 17.5. The molecule has 8 aromatic rings. The number of hydrogen-bond acceptors (Lipinski definition) is 0. The molecule has 0 bridgehead atoms. The Kier molecular flexibility index (Phi) is 10.7. The van der Waals surface area contributed by atoms with Crippen molar-refractivity contribution in [1.82, 2.24) is 27.4 Å². The van der Waals surface area contributed by atoms with Crippen molar-refractivity contribution in [1.29, 1.82) is 0 Å². The van der Waals surface area contributed by atoms with E-state index in [9.17, 15) is 0 Å². The van der Waals surface area contributed by atoms with E-state index in [2.05, 4.69) is 255 Å². The Balaban J connectivity index is 0.922. The molecule has 14 rings (SSSR count). The highest BCUT2D eigenvalue weighted by Gasteiger charge is 2.59. The molecule has 0 amide bonds. The van der Waals surface area contributed by atoms with Gasteiger partial charge >= 0.3 is 6.17 Å². The molecular formula is C62H66N12+6. The van der Waals surface area contributed by atoms with Crippen LogP contribution in [0.3, 0.4) is 0 Å². The minimum atomic E-state index is -0.0346. The Hall–Kier alpha value is -8.12. The van der Waals surface area contributed by atoms with Crippen LogP contribution in [0.4, 0.5) is 0 Å². The number of nitrogens with zero attached hydrogens (tertiary/aromatic N) is 12. The largest absolute Gasteiger partial charge is 0.394 e. The van der Waals surface area contributed by atoms with E-state index in [4.69, 9.17) is 0 Å². The van der Waals surface area contributed by atoms with Gasteiger partial charge in [0, 0.05) is 47.6 Å². The highest BCUT2D eigenvalue weighted by molar-refractivity contribution is 6.30. The van der Waals surface area contributed by atoms with E-state index in [-0.39, 0.29) is 12.3 Å².